The molecule has 2 aromatic heterocycles. The summed E-state index contributed by atoms with van der Waals surface area (Å²) >= 11 is 0. The molecule has 1 aliphatic rings. The third-order valence-electron chi connectivity index (χ3n) is 16.4. The summed E-state index contributed by atoms with van der Waals surface area (Å²) in [7, 11) is 0. The fourth-order valence-corrected chi connectivity index (χ4v) is 12.7. The van der Waals surface area contributed by atoms with Gasteiger partial charge in [0.1, 0.15) is 0 Å². The highest BCUT2D eigenvalue weighted by Crippen LogP contribution is 2.56. The standard InChI is InChI=1S/C77H52N2/c1-5-17-61(18-6-1)77(62-19-7-2-8-20-62)71-49-55(31-29-53-33-39-57(40-34-53)59-43-47-75-69(51-59)67-25-13-15-27-73(67)78(75)63-21-9-3-10-22-63)37-45-65(71)66-46-38-56(50-72(66)77)32-30-54-35-41-58(42-36-54)60-44-48-76-70(52-60)68-26-14-16-28-74(68)79(76)64-23-11-4-12-24-64/h1-52H. The van der Waals surface area contributed by atoms with Crippen molar-refractivity contribution in [1.82, 2.24) is 9.13 Å². The lowest BCUT2D eigenvalue weighted by Gasteiger charge is -2.34. The minimum Gasteiger partial charge on any atom is -0.309 e. The van der Waals surface area contributed by atoms with Crippen molar-refractivity contribution in [3.8, 4) is 44.8 Å². The van der Waals surface area contributed by atoms with Gasteiger partial charge in [0.15, 0.2) is 0 Å². The van der Waals surface area contributed by atoms with Gasteiger partial charge in [-0.05, 0) is 151 Å². The molecule has 2 nitrogen and oxygen atoms in total. The van der Waals surface area contributed by atoms with Crippen LogP contribution in [-0.4, -0.2) is 9.13 Å². The topological polar surface area (TPSA) is 9.86 Å². The Morgan fingerprint density at radius 2 is 0.570 bits per heavy atom. The molecule has 370 valence electrons. The van der Waals surface area contributed by atoms with E-state index in [9.17, 15) is 0 Å². The van der Waals surface area contributed by atoms with Crippen LogP contribution in [0.15, 0.2) is 291 Å². The van der Waals surface area contributed by atoms with Gasteiger partial charge in [-0.3, -0.25) is 0 Å². The molecule has 2 heterocycles. The van der Waals surface area contributed by atoms with Crippen molar-refractivity contribution in [2.24, 2.45) is 0 Å². The molecule has 0 bridgehead atoms. The van der Waals surface area contributed by atoms with Gasteiger partial charge in [0.25, 0.3) is 0 Å². The molecular formula is C77H52N2. The third kappa shape index (κ3) is 7.79. The quantitative estimate of drug-likeness (QED) is 0.121. The zero-order chi connectivity index (χ0) is 52.3. The highest BCUT2D eigenvalue weighted by molar-refractivity contribution is 6.11. The van der Waals surface area contributed by atoms with Crippen molar-refractivity contribution in [1.29, 1.82) is 0 Å². The molecule has 0 spiro atoms. The van der Waals surface area contributed by atoms with Gasteiger partial charge in [-0.2, -0.15) is 0 Å². The second-order valence-corrected chi connectivity index (χ2v) is 20.8. The van der Waals surface area contributed by atoms with E-state index in [1.807, 2.05) is 0 Å². The molecule has 0 amide bonds. The Hall–Kier alpha value is -10.3. The molecule has 0 fully saturated rings. The monoisotopic (exact) mass is 1000 g/mol. The molecule has 1 aliphatic carbocycles. The summed E-state index contributed by atoms with van der Waals surface area (Å²) in [6, 6.07) is 107. The van der Waals surface area contributed by atoms with Crippen molar-refractivity contribution in [3.63, 3.8) is 0 Å². The van der Waals surface area contributed by atoms with Crippen molar-refractivity contribution < 1.29 is 0 Å². The van der Waals surface area contributed by atoms with Crippen LogP contribution >= 0.6 is 0 Å². The normalized spacial score (nSPS) is 12.8. The highest BCUT2D eigenvalue weighted by atomic mass is 15.0. The second-order valence-electron chi connectivity index (χ2n) is 20.8. The number of aromatic nitrogens is 2. The molecule has 12 aromatic carbocycles. The average molecular weight is 1010 g/mol. The van der Waals surface area contributed by atoms with Crippen LogP contribution in [0.5, 0.6) is 0 Å². The first-order valence-electron chi connectivity index (χ1n) is 27.3. The van der Waals surface area contributed by atoms with E-state index >= 15 is 0 Å². The van der Waals surface area contributed by atoms with Crippen LogP contribution in [-0.2, 0) is 5.41 Å². The van der Waals surface area contributed by atoms with Gasteiger partial charge >= 0.3 is 0 Å². The van der Waals surface area contributed by atoms with Crippen LogP contribution in [0.2, 0.25) is 0 Å². The number of rotatable bonds is 10. The smallest absolute Gasteiger partial charge is 0.0713 e. The van der Waals surface area contributed by atoms with Gasteiger partial charge in [0, 0.05) is 32.9 Å². The van der Waals surface area contributed by atoms with E-state index in [2.05, 4.69) is 325 Å². The predicted octanol–water partition coefficient (Wildman–Crippen LogP) is 19.9. The Morgan fingerprint density at radius 3 is 0.987 bits per heavy atom. The van der Waals surface area contributed by atoms with E-state index in [0.717, 1.165) is 22.3 Å². The Labute approximate surface area is 460 Å². The van der Waals surface area contributed by atoms with Crippen LogP contribution in [0, 0.1) is 0 Å². The lowest BCUT2D eigenvalue weighted by Crippen LogP contribution is -2.28. The maximum atomic E-state index is 2.43. The molecule has 0 atom stereocenters. The van der Waals surface area contributed by atoms with Crippen molar-refractivity contribution >= 4 is 67.9 Å². The van der Waals surface area contributed by atoms with Gasteiger partial charge in [-0.25, -0.2) is 0 Å². The number of hydrogen-bond acceptors (Lipinski definition) is 0. The van der Waals surface area contributed by atoms with E-state index in [0.29, 0.717) is 0 Å². The number of benzene rings is 12. The van der Waals surface area contributed by atoms with E-state index in [-0.39, 0.29) is 0 Å². The minimum atomic E-state index is -0.535. The van der Waals surface area contributed by atoms with Gasteiger partial charge < -0.3 is 9.13 Å². The molecule has 14 aromatic rings. The Morgan fingerprint density at radius 1 is 0.241 bits per heavy atom. The SMILES string of the molecule is C(=Cc1ccc2c(c1)C(c1ccccc1)(c1ccccc1)c1cc(C=Cc3ccc(-c4ccc5c(c4)c4ccccc4n5-c4ccccc4)cc3)ccc1-2)c1ccc(-c2ccc3c(c2)c2ccccc2n3-c2ccccc2)cc1. The number of fused-ring (bicyclic) bond motifs is 9. The molecule has 2 heteroatoms. The molecule has 0 radical (unpaired) electrons. The summed E-state index contributed by atoms with van der Waals surface area (Å²) in [4.78, 5) is 0. The van der Waals surface area contributed by atoms with E-state index in [1.54, 1.807) is 0 Å². The van der Waals surface area contributed by atoms with E-state index < -0.39 is 5.41 Å². The summed E-state index contributed by atoms with van der Waals surface area (Å²) < 4.78 is 4.74. The fraction of sp³-hybridized carbons (Fsp3) is 0.0130. The van der Waals surface area contributed by atoms with Crippen LogP contribution in [0.4, 0.5) is 0 Å². The molecule has 0 unspecified atom stereocenters. The van der Waals surface area contributed by atoms with Gasteiger partial charge in [0.05, 0.1) is 27.5 Å². The number of nitrogens with zero attached hydrogens (tertiary/aromatic N) is 2. The van der Waals surface area contributed by atoms with E-state index in [4.69, 9.17) is 0 Å². The first kappa shape index (κ1) is 46.1. The zero-order valence-corrected chi connectivity index (χ0v) is 43.4. The molecule has 0 saturated carbocycles. The number of para-hydroxylation sites is 4. The highest BCUT2D eigenvalue weighted by Gasteiger charge is 2.46. The molecule has 79 heavy (non-hydrogen) atoms. The van der Waals surface area contributed by atoms with Gasteiger partial charge in [-0.1, -0.05) is 243 Å². The maximum absolute atomic E-state index is 2.43. The van der Waals surface area contributed by atoms with Gasteiger partial charge in [-0.15, -0.1) is 0 Å². The summed E-state index contributed by atoms with van der Waals surface area (Å²) in [6.45, 7) is 0. The predicted molar refractivity (Wildman–Crippen MR) is 334 cm³/mol. The van der Waals surface area contributed by atoms with Crippen molar-refractivity contribution in [2.75, 3.05) is 0 Å². The molecule has 15 rings (SSSR count). The lowest BCUT2D eigenvalue weighted by atomic mass is 9.67. The molecule has 0 N–H and O–H groups in total. The van der Waals surface area contributed by atoms with Crippen LogP contribution < -0.4 is 0 Å². The molecule has 0 saturated heterocycles. The number of hydrogen-bond donors (Lipinski definition) is 0. The van der Waals surface area contributed by atoms with Crippen LogP contribution in [0.1, 0.15) is 44.5 Å². The van der Waals surface area contributed by atoms with Crippen molar-refractivity contribution in [2.45, 2.75) is 5.41 Å². The lowest BCUT2D eigenvalue weighted by molar-refractivity contribution is 0.768. The third-order valence-corrected chi connectivity index (χ3v) is 16.4. The Kier molecular flexibility index (Phi) is 11.1. The summed E-state index contributed by atoms with van der Waals surface area (Å²) in [6.07, 6.45) is 9.03. The fourth-order valence-electron chi connectivity index (χ4n) is 12.7. The second kappa shape index (κ2) is 19.1. The molecule has 0 aliphatic heterocycles. The van der Waals surface area contributed by atoms with E-state index in [1.165, 1.54) is 111 Å². The summed E-state index contributed by atoms with van der Waals surface area (Å²) in [5.74, 6) is 0. The average Bonchev–Trinajstić information content (AvgIpc) is 4.27. The largest absolute Gasteiger partial charge is 0.309 e. The van der Waals surface area contributed by atoms with Crippen LogP contribution in [0.3, 0.4) is 0 Å². The summed E-state index contributed by atoms with van der Waals surface area (Å²) in [5, 5.41) is 5.03. The first-order chi connectivity index (χ1) is 39.2. The van der Waals surface area contributed by atoms with Crippen LogP contribution in [0.25, 0.3) is 113 Å². The minimum absolute atomic E-state index is 0.535. The maximum Gasteiger partial charge on any atom is 0.0713 e. The van der Waals surface area contributed by atoms with Crippen molar-refractivity contribution in [3.05, 3.63) is 336 Å². The first-order valence-corrected chi connectivity index (χ1v) is 27.3. The zero-order valence-electron chi connectivity index (χ0n) is 43.4. The Bertz CT molecular complexity index is 4350. The van der Waals surface area contributed by atoms with Gasteiger partial charge in [0.2, 0.25) is 0 Å². The Balaban J connectivity index is 0.737. The molecular weight excluding hydrogens is 953 g/mol. The summed E-state index contributed by atoms with van der Waals surface area (Å²) in [5.41, 5.74) is 23.7.